The molecule has 2 aliphatic carbocycles. The quantitative estimate of drug-likeness (QED) is 0.630. The Kier molecular flexibility index (Phi) is 2.39. The molecule has 2 nitrogen and oxygen atoms in total. The number of carbonyl (C=O) groups excluding carboxylic acids is 1. The zero-order valence-corrected chi connectivity index (χ0v) is 10.4. The van der Waals surface area contributed by atoms with Crippen molar-refractivity contribution in [1.29, 1.82) is 0 Å². The van der Waals surface area contributed by atoms with Crippen molar-refractivity contribution in [1.82, 2.24) is 0 Å². The zero-order chi connectivity index (χ0) is 11.3. The van der Waals surface area contributed by atoms with E-state index < -0.39 is 0 Å². The van der Waals surface area contributed by atoms with Crippen molar-refractivity contribution in [3.05, 3.63) is 0 Å². The van der Waals surface area contributed by atoms with Gasteiger partial charge in [0.05, 0.1) is 12.2 Å². The molecule has 16 heavy (non-hydrogen) atoms. The van der Waals surface area contributed by atoms with E-state index >= 15 is 0 Å². The second kappa shape index (κ2) is 3.56. The molecule has 0 aromatic heterocycles. The molecular formula is C14H22O2. The second-order valence-corrected chi connectivity index (χ2v) is 6.26. The molecule has 1 saturated heterocycles. The Morgan fingerprint density at radius 1 is 1.12 bits per heavy atom. The summed E-state index contributed by atoms with van der Waals surface area (Å²) in [5.41, 5.74) is -0.0492. The summed E-state index contributed by atoms with van der Waals surface area (Å²) in [5.74, 6) is 3.13. The van der Waals surface area contributed by atoms with Crippen LogP contribution in [0.4, 0.5) is 0 Å². The van der Waals surface area contributed by atoms with Gasteiger partial charge in [-0.1, -0.05) is 13.8 Å². The number of hydrogen-bond donors (Lipinski definition) is 0. The number of ether oxygens (including phenoxy) is 1. The summed E-state index contributed by atoms with van der Waals surface area (Å²) in [4.78, 5) is 11.8. The van der Waals surface area contributed by atoms with Gasteiger partial charge in [-0.2, -0.15) is 0 Å². The molecule has 3 rings (SSSR count). The third-order valence-corrected chi connectivity index (χ3v) is 5.38. The maximum absolute atomic E-state index is 11.8. The number of carbonyl (C=O) groups is 1. The van der Waals surface area contributed by atoms with Crippen molar-refractivity contribution in [2.45, 2.75) is 51.6 Å². The highest BCUT2D eigenvalue weighted by atomic mass is 16.5. The number of ketones is 1. The molecule has 3 fully saturated rings. The topological polar surface area (TPSA) is 26.3 Å². The van der Waals surface area contributed by atoms with E-state index in [0.29, 0.717) is 30.0 Å². The van der Waals surface area contributed by atoms with Gasteiger partial charge in [0.25, 0.3) is 0 Å². The Morgan fingerprint density at radius 3 is 2.69 bits per heavy atom. The molecule has 0 aromatic carbocycles. The second-order valence-electron chi connectivity index (χ2n) is 6.26. The van der Waals surface area contributed by atoms with Gasteiger partial charge >= 0.3 is 0 Å². The van der Waals surface area contributed by atoms with Gasteiger partial charge in [-0.05, 0) is 42.9 Å². The summed E-state index contributed by atoms with van der Waals surface area (Å²) in [7, 11) is 0. The lowest BCUT2D eigenvalue weighted by atomic mass is 9.57. The highest BCUT2D eigenvalue weighted by Crippen LogP contribution is 2.56. The van der Waals surface area contributed by atoms with Gasteiger partial charge in [-0.25, -0.2) is 0 Å². The van der Waals surface area contributed by atoms with Crippen molar-refractivity contribution in [2.75, 3.05) is 6.61 Å². The van der Waals surface area contributed by atoms with Crippen LogP contribution in [0, 0.1) is 23.7 Å². The van der Waals surface area contributed by atoms with Crippen LogP contribution in [0.1, 0.15) is 46.0 Å². The third-order valence-electron chi connectivity index (χ3n) is 5.38. The number of hydrogen-bond acceptors (Lipinski definition) is 2. The Balaban J connectivity index is 1.96. The van der Waals surface area contributed by atoms with Crippen molar-refractivity contribution in [3.63, 3.8) is 0 Å². The lowest BCUT2D eigenvalue weighted by molar-refractivity contribution is -0.152. The first-order chi connectivity index (χ1) is 7.63. The molecule has 0 N–H and O–H groups in total. The fourth-order valence-electron chi connectivity index (χ4n) is 4.58. The monoisotopic (exact) mass is 222 g/mol. The molecule has 0 radical (unpaired) electrons. The summed E-state index contributed by atoms with van der Waals surface area (Å²) >= 11 is 0. The summed E-state index contributed by atoms with van der Waals surface area (Å²) in [5, 5.41) is 0. The van der Waals surface area contributed by atoms with E-state index in [9.17, 15) is 4.79 Å². The van der Waals surface area contributed by atoms with E-state index in [2.05, 4.69) is 13.8 Å². The highest BCUT2D eigenvalue weighted by molar-refractivity contribution is 5.80. The summed E-state index contributed by atoms with van der Waals surface area (Å²) in [6.07, 6.45) is 5.17. The minimum Gasteiger partial charge on any atom is -0.374 e. The molecular weight excluding hydrogens is 200 g/mol. The SMILES string of the molecule is CC1CO[C@]23CC(=O)CC[C@H]2[C@H](C)CC[C@H]13. The normalized spacial score (nSPS) is 52.2. The fraction of sp³-hybridized carbons (Fsp3) is 0.929. The molecule has 2 saturated carbocycles. The van der Waals surface area contributed by atoms with Crippen molar-refractivity contribution < 1.29 is 9.53 Å². The Labute approximate surface area is 97.7 Å². The van der Waals surface area contributed by atoms with Gasteiger partial charge in [-0.3, -0.25) is 4.79 Å². The fourth-order valence-corrected chi connectivity index (χ4v) is 4.58. The van der Waals surface area contributed by atoms with Gasteiger partial charge in [-0.15, -0.1) is 0 Å². The predicted octanol–water partition coefficient (Wildman–Crippen LogP) is 2.81. The molecule has 0 bridgehead atoms. The first-order valence-electron chi connectivity index (χ1n) is 6.79. The average molecular weight is 222 g/mol. The lowest BCUT2D eigenvalue weighted by Gasteiger charge is -2.51. The molecule has 1 unspecified atom stereocenters. The van der Waals surface area contributed by atoms with E-state index in [1.807, 2.05) is 0 Å². The van der Waals surface area contributed by atoms with Crippen LogP contribution in [0.15, 0.2) is 0 Å². The van der Waals surface area contributed by atoms with E-state index in [1.54, 1.807) is 0 Å². The minimum atomic E-state index is -0.0492. The lowest BCUT2D eigenvalue weighted by Crippen LogP contribution is -2.53. The van der Waals surface area contributed by atoms with Crippen molar-refractivity contribution in [3.8, 4) is 0 Å². The van der Waals surface area contributed by atoms with Crippen molar-refractivity contribution in [2.24, 2.45) is 23.7 Å². The minimum absolute atomic E-state index is 0.0492. The molecule has 2 heteroatoms. The summed E-state index contributed by atoms with van der Waals surface area (Å²) < 4.78 is 6.18. The molecule has 1 aliphatic heterocycles. The van der Waals surface area contributed by atoms with E-state index in [0.717, 1.165) is 25.4 Å². The summed E-state index contributed by atoms with van der Waals surface area (Å²) in [6, 6.07) is 0. The molecule has 0 aromatic rings. The van der Waals surface area contributed by atoms with Crippen molar-refractivity contribution >= 4 is 5.78 Å². The van der Waals surface area contributed by atoms with Gasteiger partial charge in [0.15, 0.2) is 0 Å². The van der Waals surface area contributed by atoms with Gasteiger partial charge in [0.2, 0.25) is 0 Å². The summed E-state index contributed by atoms with van der Waals surface area (Å²) in [6.45, 7) is 5.53. The zero-order valence-electron chi connectivity index (χ0n) is 10.4. The number of rotatable bonds is 0. The van der Waals surface area contributed by atoms with Crippen LogP contribution >= 0.6 is 0 Å². The molecule has 0 amide bonds. The van der Waals surface area contributed by atoms with Gasteiger partial charge < -0.3 is 4.74 Å². The van der Waals surface area contributed by atoms with Gasteiger partial charge in [0.1, 0.15) is 5.78 Å². The maximum atomic E-state index is 11.8. The first kappa shape index (κ1) is 10.8. The first-order valence-corrected chi connectivity index (χ1v) is 6.79. The Morgan fingerprint density at radius 2 is 1.88 bits per heavy atom. The van der Waals surface area contributed by atoms with Crippen LogP contribution in [0.2, 0.25) is 0 Å². The molecule has 3 aliphatic rings. The smallest absolute Gasteiger partial charge is 0.135 e. The maximum Gasteiger partial charge on any atom is 0.135 e. The van der Waals surface area contributed by atoms with E-state index in [1.165, 1.54) is 12.8 Å². The molecule has 1 heterocycles. The largest absolute Gasteiger partial charge is 0.374 e. The third kappa shape index (κ3) is 1.32. The molecule has 90 valence electrons. The van der Waals surface area contributed by atoms with Crippen LogP contribution in [0.3, 0.4) is 0 Å². The Bertz CT molecular complexity index is 312. The van der Waals surface area contributed by atoms with Crippen LogP contribution in [-0.4, -0.2) is 18.0 Å². The van der Waals surface area contributed by atoms with Crippen LogP contribution < -0.4 is 0 Å². The molecule has 1 spiro atoms. The number of Topliss-reactive ketones (excluding diaryl/α,β-unsaturated/α-hetero) is 1. The average Bonchev–Trinajstić information content (AvgIpc) is 2.55. The van der Waals surface area contributed by atoms with Crippen LogP contribution in [0.25, 0.3) is 0 Å². The predicted molar refractivity (Wildman–Crippen MR) is 62.1 cm³/mol. The van der Waals surface area contributed by atoms with Gasteiger partial charge in [0, 0.05) is 12.8 Å². The standard InChI is InChI=1S/C14H22O2/c1-9-3-5-13-10(2)8-16-14(13)7-11(15)4-6-12(9)14/h9-10,12-13H,3-8H2,1-2H3/t9-,10?,12+,13-,14-/m1/s1. The van der Waals surface area contributed by atoms with E-state index in [4.69, 9.17) is 4.74 Å². The highest BCUT2D eigenvalue weighted by Gasteiger charge is 2.58. The van der Waals surface area contributed by atoms with E-state index in [-0.39, 0.29) is 5.60 Å². The van der Waals surface area contributed by atoms with Crippen LogP contribution in [0.5, 0.6) is 0 Å². The van der Waals surface area contributed by atoms with Crippen LogP contribution in [-0.2, 0) is 9.53 Å². The Hall–Kier alpha value is -0.370. The molecule has 5 atom stereocenters.